The van der Waals surface area contributed by atoms with Crippen LogP contribution in [-0.2, 0) is 0 Å². The third kappa shape index (κ3) is 6.60. The van der Waals surface area contributed by atoms with Gasteiger partial charge >= 0.3 is 0 Å². The summed E-state index contributed by atoms with van der Waals surface area (Å²) in [5.74, 6) is 1.28. The zero-order valence-corrected chi connectivity index (χ0v) is 24.8. The number of rotatable bonds is 6. The van der Waals surface area contributed by atoms with Crippen LogP contribution >= 0.6 is 0 Å². The standard InChI is InChI=1S/C30H18N8O2.2C2H6/c1-3-16-31-21(10-1)23-12-6-14-25(33-23)29-37-35-27(39-29)19-8-5-9-20(18-19)28-36-38-30(40-28)26-15-7-13-24(34-26)22-11-2-4-17-32-22;2*1-2/h1-18H;2*1-2H3. The summed E-state index contributed by atoms with van der Waals surface area (Å²) in [6.45, 7) is 8.00. The van der Waals surface area contributed by atoms with Gasteiger partial charge in [0.25, 0.3) is 11.8 Å². The molecule has 0 fully saturated rings. The van der Waals surface area contributed by atoms with Gasteiger partial charge < -0.3 is 8.83 Å². The molecule has 0 amide bonds. The van der Waals surface area contributed by atoms with Gasteiger partial charge in [-0.05, 0) is 66.7 Å². The maximum Gasteiger partial charge on any atom is 0.266 e. The van der Waals surface area contributed by atoms with Crippen LogP contribution < -0.4 is 0 Å². The van der Waals surface area contributed by atoms with Crippen molar-refractivity contribution in [1.82, 2.24) is 40.3 Å². The molecule has 0 spiro atoms. The summed E-state index contributed by atoms with van der Waals surface area (Å²) in [5, 5.41) is 16.9. The van der Waals surface area contributed by atoms with Gasteiger partial charge in [-0.1, -0.05) is 58.0 Å². The van der Waals surface area contributed by atoms with E-state index in [0.29, 0.717) is 57.5 Å². The van der Waals surface area contributed by atoms with E-state index in [1.165, 1.54) is 0 Å². The average molecular weight is 583 g/mol. The van der Waals surface area contributed by atoms with Crippen molar-refractivity contribution in [1.29, 1.82) is 0 Å². The number of hydrogen-bond donors (Lipinski definition) is 0. The summed E-state index contributed by atoms with van der Waals surface area (Å²) in [4.78, 5) is 18.0. The van der Waals surface area contributed by atoms with Crippen LogP contribution in [0.2, 0.25) is 0 Å². The van der Waals surface area contributed by atoms with E-state index in [0.717, 1.165) is 11.4 Å². The number of nitrogens with zero attached hydrogens (tertiary/aromatic N) is 8. The normalized spacial score (nSPS) is 10.3. The molecular weight excluding hydrogens is 552 g/mol. The Kier molecular flexibility index (Phi) is 9.63. The van der Waals surface area contributed by atoms with E-state index in [9.17, 15) is 0 Å². The minimum atomic E-state index is 0.303. The zero-order chi connectivity index (χ0) is 30.7. The molecule has 7 aromatic rings. The van der Waals surface area contributed by atoms with Crippen LogP contribution in [0, 0.1) is 0 Å². The van der Waals surface area contributed by atoms with E-state index in [-0.39, 0.29) is 0 Å². The lowest BCUT2D eigenvalue weighted by molar-refractivity contribution is 0.580. The first-order valence-corrected chi connectivity index (χ1v) is 14.4. The predicted octanol–water partition coefficient (Wildman–Crippen LogP) is 8.09. The van der Waals surface area contributed by atoms with Crippen molar-refractivity contribution in [2.24, 2.45) is 0 Å². The Morgan fingerprint density at radius 2 is 0.773 bits per heavy atom. The summed E-state index contributed by atoms with van der Waals surface area (Å²) in [6, 6.07) is 29.9. The van der Waals surface area contributed by atoms with E-state index in [1.807, 2.05) is 125 Å². The fraction of sp³-hybridized carbons (Fsp3) is 0.118. The van der Waals surface area contributed by atoms with E-state index >= 15 is 0 Å². The lowest BCUT2D eigenvalue weighted by Crippen LogP contribution is -1.89. The van der Waals surface area contributed by atoms with Gasteiger partial charge in [-0.15, -0.1) is 20.4 Å². The highest BCUT2D eigenvalue weighted by Gasteiger charge is 2.16. The second kappa shape index (κ2) is 14.3. The number of aromatic nitrogens is 8. The Labute approximate surface area is 255 Å². The lowest BCUT2D eigenvalue weighted by Gasteiger charge is -2.01. The molecule has 0 N–H and O–H groups in total. The van der Waals surface area contributed by atoms with E-state index in [1.54, 1.807) is 12.4 Å². The largest absolute Gasteiger partial charge is 0.415 e. The molecule has 0 atom stereocenters. The van der Waals surface area contributed by atoms with Crippen molar-refractivity contribution in [2.45, 2.75) is 27.7 Å². The van der Waals surface area contributed by atoms with Gasteiger partial charge in [0.15, 0.2) is 0 Å². The maximum absolute atomic E-state index is 5.98. The Morgan fingerprint density at radius 3 is 1.20 bits per heavy atom. The molecule has 1 aromatic carbocycles. The average Bonchev–Trinajstić information content (AvgIpc) is 3.83. The molecule has 0 radical (unpaired) electrons. The van der Waals surface area contributed by atoms with E-state index in [4.69, 9.17) is 8.83 Å². The van der Waals surface area contributed by atoms with Crippen molar-refractivity contribution in [3.63, 3.8) is 0 Å². The van der Waals surface area contributed by atoms with Gasteiger partial charge in [-0.3, -0.25) is 9.97 Å². The molecular formula is C34H30N8O2. The molecule has 7 rings (SSSR count). The Hall–Kier alpha value is -5.90. The van der Waals surface area contributed by atoms with Crippen LogP contribution in [-0.4, -0.2) is 40.3 Å². The molecule has 0 unspecified atom stereocenters. The number of pyridine rings is 4. The van der Waals surface area contributed by atoms with E-state index < -0.39 is 0 Å². The maximum atomic E-state index is 5.98. The predicted molar refractivity (Wildman–Crippen MR) is 169 cm³/mol. The monoisotopic (exact) mass is 582 g/mol. The van der Waals surface area contributed by atoms with E-state index in [2.05, 4.69) is 40.3 Å². The van der Waals surface area contributed by atoms with Crippen LogP contribution in [0.5, 0.6) is 0 Å². The first kappa shape index (κ1) is 29.6. The van der Waals surface area contributed by atoms with Crippen molar-refractivity contribution in [3.05, 3.63) is 109 Å². The minimum absolute atomic E-state index is 0.303. The Morgan fingerprint density at radius 1 is 0.386 bits per heavy atom. The summed E-state index contributed by atoms with van der Waals surface area (Å²) in [6.07, 6.45) is 3.45. The molecule has 0 bridgehead atoms. The Balaban J connectivity index is 0.000000924. The molecule has 0 saturated carbocycles. The Bertz CT molecular complexity index is 1780. The molecule has 10 nitrogen and oxygen atoms in total. The van der Waals surface area contributed by atoms with Crippen molar-refractivity contribution in [2.75, 3.05) is 0 Å². The molecule has 44 heavy (non-hydrogen) atoms. The molecule has 6 heterocycles. The minimum Gasteiger partial charge on any atom is -0.415 e. The van der Waals surface area contributed by atoms with Crippen LogP contribution in [0.25, 0.3) is 68.9 Å². The highest BCUT2D eigenvalue weighted by Crippen LogP contribution is 2.29. The van der Waals surface area contributed by atoms with Gasteiger partial charge in [0.2, 0.25) is 11.8 Å². The second-order valence-corrected chi connectivity index (χ2v) is 8.65. The fourth-order valence-electron chi connectivity index (χ4n) is 4.09. The van der Waals surface area contributed by atoms with Gasteiger partial charge in [0, 0.05) is 23.5 Å². The molecule has 0 aliphatic carbocycles. The van der Waals surface area contributed by atoms with Crippen LogP contribution in [0.1, 0.15) is 27.7 Å². The van der Waals surface area contributed by atoms with Gasteiger partial charge in [-0.25, -0.2) is 9.97 Å². The molecule has 218 valence electrons. The quantitative estimate of drug-likeness (QED) is 0.190. The van der Waals surface area contributed by atoms with Crippen molar-refractivity contribution in [3.8, 4) is 68.9 Å². The summed E-state index contributed by atoms with van der Waals surface area (Å²) >= 11 is 0. The van der Waals surface area contributed by atoms with Gasteiger partial charge in [-0.2, -0.15) is 0 Å². The lowest BCUT2D eigenvalue weighted by atomic mass is 10.1. The topological polar surface area (TPSA) is 129 Å². The van der Waals surface area contributed by atoms with Crippen LogP contribution in [0.4, 0.5) is 0 Å². The fourth-order valence-corrected chi connectivity index (χ4v) is 4.09. The van der Waals surface area contributed by atoms with Gasteiger partial charge in [0.1, 0.15) is 11.4 Å². The molecule has 0 aliphatic rings. The third-order valence-electron chi connectivity index (χ3n) is 6.00. The first-order chi connectivity index (χ1) is 21.8. The molecule has 0 aliphatic heterocycles. The van der Waals surface area contributed by atoms with Gasteiger partial charge in [0.05, 0.1) is 22.8 Å². The zero-order valence-electron chi connectivity index (χ0n) is 24.8. The van der Waals surface area contributed by atoms with Crippen molar-refractivity contribution < 1.29 is 8.83 Å². The van der Waals surface area contributed by atoms with Crippen LogP contribution in [0.3, 0.4) is 0 Å². The highest BCUT2D eigenvalue weighted by molar-refractivity contribution is 5.66. The van der Waals surface area contributed by atoms with Crippen molar-refractivity contribution >= 4 is 0 Å². The summed E-state index contributed by atoms with van der Waals surface area (Å²) in [7, 11) is 0. The molecule has 6 aromatic heterocycles. The van der Waals surface area contributed by atoms with Crippen LogP contribution in [0.15, 0.2) is 118 Å². The molecule has 10 heteroatoms. The SMILES string of the molecule is CC.CC.c1ccc(-c2cccc(-c3nnc(-c4cccc(-c5nnc(-c6cccc(-c7ccccn7)n6)o5)c4)o3)n2)nc1. The highest BCUT2D eigenvalue weighted by atomic mass is 16.4. The number of hydrogen-bond acceptors (Lipinski definition) is 10. The number of benzene rings is 1. The second-order valence-electron chi connectivity index (χ2n) is 8.65. The smallest absolute Gasteiger partial charge is 0.266 e. The summed E-state index contributed by atoms with van der Waals surface area (Å²) < 4.78 is 12.0. The third-order valence-corrected chi connectivity index (χ3v) is 6.00. The summed E-state index contributed by atoms with van der Waals surface area (Å²) in [5.41, 5.74) is 5.46. The molecule has 0 saturated heterocycles. The first-order valence-electron chi connectivity index (χ1n) is 14.4.